The lowest BCUT2D eigenvalue weighted by molar-refractivity contribution is -0.141. The number of rotatable bonds is 4. The van der Waals surface area contributed by atoms with Gasteiger partial charge < -0.3 is 10.6 Å². The maximum atomic E-state index is 13.7. The van der Waals surface area contributed by atoms with Crippen molar-refractivity contribution in [1.82, 2.24) is 15.3 Å². The molecular weight excluding hydrogens is 338 g/mol. The third kappa shape index (κ3) is 3.35. The fraction of sp³-hybridized carbons (Fsp3) is 0.438. The number of alkyl halides is 3. The highest BCUT2D eigenvalue weighted by Gasteiger charge is 2.40. The number of hydrogen-bond acceptors (Lipinski definition) is 5. The van der Waals surface area contributed by atoms with E-state index in [0.29, 0.717) is 12.2 Å². The Labute approximate surface area is 142 Å². The molecule has 0 saturated heterocycles. The summed E-state index contributed by atoms with van der Waals surface area (Å²) in [5.74, 6) is -0.979. The molecule has 1 aliphatic carbocycles. The molecule has 0 spiro atoms. The van der Waals surface area contributed by atoms with Gasteiger partial charge in [-0.05, 0) is 18.6 Å². The van der Waals surface area contributed by atoms with Gasteiger partial charge in [-0.15, -0.1) is 0 Å². The molecule has 1 aromatic rings. The van der Waals surface area contributed by atoms with Crippen LogP contribution in [0.4, 0.5) is 23.5 Å². The van der Waals surface area contributed by atoms with E-state index in [1.807, 2.05) is 6.92 Å². The third-order valence-electron chi connectivity index (χ3n) is 4.03. The van der Waals surface area contributed by atoms with Gasteiger partial charge in [-0.3, -0.25) is 4.99 Å². The summed E-state index contributed by atoms with van der Waals surface area (Å²) in [6, 6.07) is -0.570. The number of halogens is 4. The van der Waals surface area contributed by atoms with Crippen LogP contribution in [0.2, 0.25) is 0 Å². The van der Waals surface area contributed by atoms with Crippen molar-refractivity contribution in [2.24, 2.45) is 10.9 Å². The van der Waals surface area contributed by atoms with Gasteiger partial charge in [0.05, 0.1) is 5.56 Å². The van der Waals surface area contributed by atoms with E-state index < -0.39 is 23.8 Å². The summed E-state index contributed by atoms with van der Waals surface area (Å²) < 4.78 is 54.0. The summed E-state index contributed by atoms with van der Waals surface area (Å²) >= 11 is 0. The first kappa shape index (κ1) is 17.4. The zero-order valence-electron chi connectivity index (χ0n) is 13.7. The molecule has 0 amide bonds. The molecule has 134 valence electrons. The van der Waals surface area contributed by atoms with Crippen molar-refractivity contribution < 1.29 is 17.6 Å². The molecule has 0 radical (unpaired) electrons. The molecule has 2 atom stereocenters. The van der Waals surface area contributed by atoms with Gasteiger partial charge in [-0.1, -0.05) is 13.8 Å². The second kappa shape index (κ2) is 6.45. The Morgan fingerprint density at radius 2 is 2.04 bits per heavy atom. The lowest BCUT2D eigenvalue weighted by Crippen LogP contribution is -2.27. The molecule has 0 aromatic carbocycles. The van der Waals surface area contributed by atoms with E-state index in [0.717, 1.165) is 12.6 Å². The minimum Gasteiger partial charge on any atom is -0.354 e. The smallest absolute Gasteiger partial charge is 0.354 e. The van der Waals surface area contributed by atoms with E-state index in [4.69, 9.17) is 0 Å². The monoisotopic (exact) mass is 355 g/mol. The summed E-state index contributed by atoms with van der Waals surface area (Å²) in [6.07, 6.45) is -0.0654. The summed E-state index contributed by atoms with van der Waals surface area (Å²) in [5, 5.41) is 5.57. The molecule has 25 heavy (non-hydrogen) atoms. The van der Waals surface area contributed by atoms with Crippen molar-refractivity contribution in [2.75, 3.05) is 11.9 Å². The molecule has 9 heteroatoms. The Balaban J connectivity index is 1.98. The van der Waals surface area contributed by atoms with Crippen molar-refractivity contribution >= 4 is 11.8 Å². The van der Waals surface area contributed by atoms with E-state index in [-0.39, 0.29) is 23.2 Å². The predicted molar refractivity (Wildman–Crippen MR) is 85.7 cm³/mol. The van der Waals surface area contributed by atoms with Crippen molar-refractivity contribution in [2.45, 2.75) is 32.5 Å². The lowest BCUT2D eigenvalue weighted by Gasteiger charge is -2.19. The first-order valence-corrected chi connectivity index (χ1v) is 7.91. The van der Waals surface area contributed by atoms with Crippen LogP contribution in [-0.2, 0) is 6.18 Å². The van der Waals surface area contributed by atoms with Gasteiger partial charge in [0, 0.05) is 24.4 Å². The van der Waals surface area contributed by atoms with E-state index in [1.54, 1.807) is 6.92 Å². The molecule has 2 aliphatic rings. The molecule has 0 bridgehead atoms. The normalized spacial score (nSPS) is 22.6. The molecular formula is C16H17F4N5. The van der Waals surface area contributed by atoms with Crippen molar-refractivity contribution in [3.05, 3.63) is 41.1 Å². The van der Waals surface area contributed by atoms with Crippen molar-refractivity contribution in [3.8, 4) is 0 Å². The number of hydrogen-bond donors (Lipinski definition) is 2. The van der Waals surface area contributed by atoms with Crippen molar-refractivity contribution in [3.63, 3.8) is 0 Å². The topological polar surface area (TPSA) is 62.2 Å². The van der Waals surface area contributed by atoms with Crippen LogP contribution in [0.1, 0.15) is 31.5 Å². The molecule has 2 unspecified atom stereocenters. The van der Waals surface area contributed by atoms with Crippen LogP contribution in [-0.4, -0.2) is 28.4 Å². The highest BCUT2D eigenvalue weighted by atomic mass is 19.4. The Kier molecular flexibility index (Phi) is 4.49. The molecule has 1 aromatic heterocycles. The lowest BCUT2D eigenvalue weighted by atomic mass is 9.94. The number of anilines is 1. The SMILES string of the molecule is CCCNc1ncc(C2=NC3C(=CC=C(F)C3C)N2)c(C(F)(F)F)n1. The van der Waals surface area contributed by atoms with Crippen LogP contribution < -0.4 is 10.6 Å². The van der Waals surface area contributed by atoms with E-state index in [2.05, 4.69) is 25.6 Å². The first-order valence-electron chi connectivity index (χ1n) is 7.91. The molecule has 5 nitrogen and oxygen atoms in total. The Bertz CT molecular complexity index is 766. The van der Waals surface area contributed by atoms with Gasteiger partial charge in [0.15, 0.2) is 5.69 Å². The standard InChI is InChI=1S/C16H17F4N5/c1-3-6-21-15-22-7-9(13(25-15)16(18,19)20)14-23-11-5-4-10(17)8(2)12(11)24-14/h4-5,7-8,12H,3,6H2,1-2H3,(H,23,24)(H,21,22,25). The van der Waals surface area contributed by atoms with E-state index in [1.165, 1.54) is 12.2 Å². The average molecular weight is 355 g/mol. The summed E-state index contributed by atoms with van der Waals surface area (Å²) in [7, 11) is 0. The van der Waals surface area contributed by atoms with Crippen LogP contribution in [0.25, 0.3) is 0 Å². The minimum atomic E-state index is -4.66. The van der Waals surface area contributed by atoms with E-state index in [9.17, 15) is 17.6 Å². The van der Waals surface area contributed by atoms with Gasteiger partial charge in [0.25, 0.3) is 0 Å². The molecule has 2 heterocycles. The molecule has 1 aliphatic heterocycles. The Hall–Kier alpha value is -2.45. The van der Waals surface area contributed by atoms with E-state index >= 15 is 0 Å². The molecule has 0 saturated carbocycles. The Morgan fingerprint density at radius 3 is 2.72 bits per heavy atom. The van der Waals surface area contributed by atoms with Gasteiger partial charge in [0.2, 0.25) is 5.95 Å². The number of aromatic nitrogens is 2. The minimum absolute atomic E-state index is 0.000525. The summed E-state index contributed by atoms with van der Waals surface area (Å²) in [5.41, 5.74) is -0.768. The van der Waals surface area contributed by atoms with Gasteiger partial charge >= 0.3 is 6.18 Å². The number of allylic oxidation sites excluding steroid dienone is 2. The predicted octanol–water partition coefficient (Wildman–Crippen LogP) is 3.42. The van der Waals surface area contributed by atoms with Crippen LogP contribution >= 0.6 is 0 Å². The maximum Gasteiger partial charge on any atom is 0.434 e. The fourth-order valence-electron chi connectivity index (χ4n) is 2.68. The highest BCUT2D eigenvalue weighted by Crippen LogP contribution is 2.35. The van der Waals surface area contributed by atoms with Gasteiger partial charge in [-0.25, -0.2) is 14.4 Å². The zero-order chi connectivity index (χ0) is 18.2. The fourth-order valence-corrected chi connectivity index (χ4v) is 2.68. The number of nitrogens with one attached hydrogen (secondary N) is 2. The first-order chi connectivity index (χ1) is 11.8. The second-order valence-electron chi connectivity index (χ2n) is 5.89. The maximum absolute atomic E-state index is 13.7. The number of aliphatic imine (C=N–C) groups is 1. The van der Waals surface area contributed by atoms with Gasteiger partial charge in [-0.2, -0.15) is 13.2 Å². The molecule has 3 rings (SSSR count). The van der Waals surface area contributed by atoms with Crippen LogP contribution in [0, 0.1) is 5.92 Å². The Morgan fingerprint density at radius 1 is 1.28 bits per heavy atom. The number of amidine groups is 1. The quantitative estimate of drug-likeness (QED) is 0.813. The largest absolute Gasteiger partial charge is 0.434 e. The zero-order valence-corrected chi connectivity index (χ0v) is 13.7. The third-order valence-corrected chi connectivity index (χ3v) is 4.03. The van der Waals surface area contributed by atoms with Crippen LogP contribution in [0.15, 0.2) is 34.9 Å². The number of nitrogens with zero attached hydrogens (tertiary/aromatic N) is 3. The van der Waals surface area contributed by atoms with Crippen LogP contribution in [0.3, 0.4) is 0 Å². The van der Waals surface area contributed by atoms with Crippen molar-refractivity contribution in [1.29, 1.82) is 0 Å². The molecule has 0 fully saturated rings. The summed E-state index contributed by atoms with van der Waals surface area (Å²) in [6.45, 7) is 3.98. The second-order valence-corrected chi connectivity index (χ2v) is 5.89. The number of fused-ring (bicyclic) bond motifs is 1. The molecule has 2 N–H and O–H groups in total. The van der Waals surface area contributed by atoms with Crippen LogP contribution in [0.5, 0.6) is 0 Å². The highest BCUT2D eigenvalue weighted by molar-refractivity contribution is 6.02. The van der Waals surface area contributed by atoms with Gasteiger partial charge in [0.1, 0.15) is 17.7 Å². The summed E-state index contributed by atoms with van der Waals surface area (Å²) in [4.78, 5) is 11.8. The average Bonchev–Trinajstić information content (AvgIpc) is 3.00.